The zero-order valence-corrected chi connectivity index (χ0v) is 25.6. The van der Waals surface area contributed by atoms with E-state index in [9.17, 15) is 23.8 Å². The lowest BCUT2D eigenvalue weighted by Crippen LogP contribution is -2.46. The Hall–Kier alpha value is -3.16. The molecule has 0 saturated carbocycles. The van der Waals surface area contributed by atoms with Gasteiger partial charge in [-0.2, -0.15) is 0 Å². The Balaban J connectivity index is 2.25. The molecule has 2 aromatic carbocycles. The van der Waals surface area contributed by atoms with Crippen LogP contribution in [0, 0.1) is 5.92 Å². The SMILES string of the molecule is CC(NC(=O)C(Cc1ccc(-c2ccccc2)cc1)CP(=O)(O)C(C)NC(=O)OC(C)(C)C)C(=O)OC(C)(C)C. The van der Waals surface area contributed by atoms with Crippen molar-refractivity contribution in [1.29, 1.82) is 0 Å². The van der Waals surface area contributed by atoms with Crippen molar-refractivity contribution in [3.05, 3.63) is 60.2 Å². The summed E-state index contributed by atoms with van der Waals surface area (Å²) < 4.78 is 23.9. The van der Waals surface area contributed by atoms with E-state index in [1.165, 1.54) is 13.8 Å². The first kappa shape index (κ1) is 33.0. The Kier molecular flexibility index (Phi) is 11.1. The topological polar surface area (TPSA) is 131 Å². The van der Waals surface area contributed by atoms with Gasteiger partial charge < -0.3 is 25.0 Å². The lowest BCUT2D eigenvalue weighted by atomic mass is 9.97. The first-order valence-electron chi connectivity index (χ1n) is 13.3. The highest BCUT2D eigenvalue weighted by molar-refractivity contribution is 7.58. The molecule has 2 amide bonds. The number of nitrogens with one attached hydrogen (secondary N) is 2. The van der Waals surface area contributed by atoms with Crippen LogP contribution < -0.4 is 10.6 Å². The van der Waals surface area contributed by atoms with Gasteiger partial charge in [-0.05, 0) is 78.5 Å². The molecule has 220 valence electrons. The molecule has 0 bridgehead atoms. The largest absolute Gasteiger partial charge is 0.458 e. The van der Waals surface area contributed by atoms with Crippen molar-refractivity contribution in [3.63, 3.8) is 0 Å². The van der Waals surface area contributed by atoms with Gasteiger partial charge in [-0.25, -0.2) is 9.59 Å². The number of rotatable bonds is 10. The van der Waals surface area contributed by atoms with Gasteiger partial charge in [-0.1, -0.05) is 54.6 Å². The van der Waals surface area contributed by atoms with E-state index < -0.39 is 60.4 Å². The number of amides is 2. The minimum Gasteiger partial charge on any atom is -0.458 e. The fraction of sp³-hybridized carbons (Fsp3) is 0.500. The van der Waals surface area contributed by atoms with Crippen molar-refractivity contribution in [2.75, 3.05) is 6.16 Å². The Morgan fingerprint density at radius 2 is 1.35 bits per heavy atom. The summed E-state index contributed by atoms with van der Waals surface area (Å²) in [5.41, 5.74) is 1.29. The smallest absolute Gasteiger partial charge is 0.408 e. The lowest BCUT2D eigenvalue weighted by molar-refractivity contribution is -0.158. The summed E-state index contributed by atoms with van der Waals surface area (Å²) in [6.45, 7) is 13.1. The highest BCUT2D eigenvalue weighted by atomic mass is 31.2. The second kappa shape index (κ2) is 13.5. The van der Waals surface area contributed by atoms with E-state index in [0.717, 1.165) is 16.7 Å². The van der Waals surface area contributed by atoms with Gasteiger partial charge in [-0.15, -0.1) is 0 Å². The molecule has 0 aliphatic heterocycles. The van der Waals surface area contributed by atoms with Crippen LogP contribution in [0.4, 0.5) is 4.79 Å². The Morgan fingerprint density at radius 1 is 0.825 bits per heavy atom. The monoisotopic (exact) mass is 574 g/mol. The maximum atomic E-state index is 13.4. The summed E-state index contributed by atoms with van der Waals surface area (Å²) in [7, 11) is -4.10. The number of hydrogen-bond acceptors (Lipinski definition) is 6. The fourth-order valence-electron chi connectivity index (χ4n) is 3.82. The van der Waals surface area contributed by atoms with Crippen molar-refractivity contribution in [1.82, 2.24) is 10.6 Å². The number of ether oxygens (including phenoxy) is 2. The zero-order chi connectivity index (χ0) is 30.3. The number of esters is 1. The molecule has 4 atom stereocenters. The summed E-state index contributed by atoms with van der Waals surface area (Å²) in [6.07, 6.45) is -1.10. The van der Waals surface area contributed by atoms with Crippen LogP contribution in [0.15, 0.2) is 54.6 Å². The van der Waals surface area contributed by atoms with Crippen molar-refractivity contribution >= 4 is 25.3 Å². The highest BCUT2D eigenvalue weighted by Gasteiger charge is 2.36. The summed E-state index contributed by atoms with van der Waals surface area (Å²) in [4.78, 5) is 49.0. The first-order valence-corrected chi connectivity index (χ1v) is 15.3. The second-order valence-corrected chi connectivity index (χ2v) is 14.6. The lowest BCUT2D eigenvalue weighted by Gasteiger charge is -2.27. The minimum atomic E-state index is -4.10. The molecule has 0 saturated heterocycles. The molecular weight excluding hydrogens is 531 g/mol. The predicted molar refractivity (Wildman–Crippen MR) is 156 cm³/mol. The van der Waals surface area contributed by atoms with E-state index >= 15 is 0 Å². The average Bonchev–Trinajstić information content (AvgIpc) is 2.82. The van der Waals surface area contributed by atoms with E-state index in [2.05, 4.69) is 10.6 Å². The van der Waals surface area contributed by atoms with Gasteiger partial charge >= 0.3 is 12.1 Å². The second-order valence-electron chi connectivity index (χ2n) is 12.0. The van der Waals surface area contributed by atoms with Gasteiger partial charge in [0.15, 0.2) is 0 Å². The van der Waals surface area contributed by atoms with Crippen LogP contribution in [0.25, 0.3) is 11.1 Å². The first-order chi connectivity index (χ1) is 18.4. The van der Waals surface area contributed by atoms with Crippen LogP contribution >= 0.6 is 7.37 Å². The van der Waals surface area contributed by atoms with Gasteiger partial charge in [0, 0.05) is 6.16 Å². The molecule has 0 aliphatic carbocycles. The summed E-state index contributed by atoms with van der Waals surface area (Å²) >= 11 is 0. The van der Waals surface area contributed by atoms with Gasteiger partial charge in [-0.3, -0.25) is 9.36 Å². The van der Waals surface area contributed by atoms with Crippen molar-refractivity contribution in [3.8, 4) is 11.1 Å². The van der Waals surface area contributed by atoms with E-state index in [1.807, 2.05) is 54.6 Å². The van der Waals surface area contributed by atoms with Crippen molar-refractivity contribution in [2.24, 2.45) is 5.92 Å². The van der Waals surface area contributed by atoms with Crippen LogP contribution in [-0.4, -0.2) is 52.1 Å². The molecule has 0 aliphatic rings. The molecule has 2 aromatic rings. The highest BCUT2D eigenvalue weighted by Crippen LogP contribution is 2.47. The van der Waals surface area contributed by atoms with Crippen LogP contribution in [0.5, 0.6) is 0 Å². The van der Waals surface area contributed by atoms with Crippen molar-refractivity contribution in [2.45, 2.75) is 84.8 Å². The summed E-state index contributed by atoms with van der Waals surface area (Å²) in [5, 5.41) is 5.05. The number of alkyl carbamates (subject to hydrolysis) is 1. The average molecular weight is 575 g/mol. The predicted octanol–water partition coefficient (Wildman–Crippen LogP) is 5.50. The normalized spacial score (nSPS) is 15.6. The van der Waals surface area contributed by atoms with Gasteiger partial charge in [0.25, 0.3) is 0 Å². The molecule has 4 unspecified atom stereocenters. The fourth-order valence-corrected chi connectivity index (χ4v) is 5.37. The summed E-state index contributed by atoms with van der Waals surface area (Å²) in [5.74, 6) is -3.31. The van der Waals surface area contributed by atoms with Crippen LogP contribution in [0.3, 0.4) is 0 Å². The van der Waals surface area contributed by atoms with Gasteiger partial charge in [0.1, 0.15) is 23.0 Å². The zero-order valence-electron chi connectivity index (χ0n) is 24.7. The maximum Gasteiger partial charge on any atom is 0.408 e. The van der Waals surface area contributed by atoms with Gasteiger partial charge in [0.05, 0.1) is 5.92 Å². The third-order valence-electron chi connectivity index (χ3n) is 5.85. The number of carbonyl (C=O) groups excluding carboxylic acids is 3. The molecule has 0 spiro atoms. The van der Waals surface area contributed by atoms with Crippen LogP contribution in [-0.2, 0) is 30.0 Å². The molecule has 0 fully saturated rings. The molecule has 2 rings (SSSR count). The van der Waals surface area contributed by atoms with E-state index in [4.69, 9.17) is 9.47 Å². The van der Waals surface area contributed by atoms with Crippen molar-refractivity contribution < 1.29 is 33.3 Å². The number of hydrogen-bond donors (Lipinski definition) is 3. The standard InChI is InChI=1S/C30H43N2O7P/c1-20(27(34)38-29(3,4)5)31-26(33)25(19-40(36,37)21(2)32-28(35)39-30(6,7)8)18-22-14-16-24(17-15-22)23-12-10-9-11-13-23/h9-17,20-21,25H,18-19H2,1-8H3,(H,31,33)(H,32,35)(H,36,37). The van der Waals surface area contributed by atoms with E-state index in [-0.39, 0.29) is 6.42 Å². The number of carbonyl (C=O) groups is 3. The Morgan fingerprint density at radius 3 is 1.88 bits per heavy atom. The third-order valence-corrected chi connectivity index (χ3v) is 8.15. The maximum absolute atomic E-state index is 13.4. The molecule has 0 radical (unpaired) electrons. The molecule has 0 heterocycles. The molecule has 3 N–H and O–H groups in total. The third kappa shape index (κ3) is 11.1. The van der Waals surface area contributed by atoms with E-state index in [1.54, 1.807) is 41.5 Å². The molecule has 10 heteroatoms. The van der Waals surface area contributed by atoms with Crippen LogP contribution in [0.1, 0.15) is 61.0 Å². The van der Waals surface area contributed by atoms with Crippen LogP contribution in [0.2, 0.25) is 0 Å². The molecule has 40 heavy (non-hydrogen) atoms. The molecular formula is C30H43N2O7P. The molecule has 9 nitrogen and oxygen atoms in total. The van der Waals surface area contributed by atoms with Gasteiger partial charge in [0.2, 0.25) is 13.3 Å². The number of benzene rings is 2. The summed E-state index contributed by atoms with van der Waals surface area (Å²) in [6, 6.07) is 16.4. The molecule has 0 aromatic heterocycles. The minimum absolute atomic E-state index is 0.144. The Bertz CT molecular complexity index is 1200. The van der Waals surface area contributed by atoms with E-state index in [0.29, 0.717) is 0 Å². The quantitative estimate of drug-likeness (QED) is 0.252. The Labute approximate surface area is 237 Å².